The van der Waals surface area contributed by atoms with Gasteiger partial charge in [0.1, 0.15) is 6.04 Å². The summed E-state index contributed by atoms with van der Waals surface area (Å²) in [5.41, 5.74) is 8.09. The molecule has 0 radical (unpaired) electrons. The molecule has 0 aromatic heterocycles. The van der Waals surface area contributed by atoms with Crippen molar-refractivity contribution >= 4 is 36.6 Å². The first-order chi connectivity index (χ1) is 11.0. The average Bonchev–Trinajstić information content (AvgIpc) is 2.55. The van der Waals surface area contributed by atoms with E-state index in [1.807, 2.05) is 38.1 Å². The lowest BCUT2D eigenvalue weighted by atomic mass is 10.0. The number of amides is 2. The topological polar surface area (TPSA) is 78.7 Å². The van der Waals surface area contributed by atoms with Crippen LogP contribution in [-0.2, 0) is 9.59 Å². The van der Waals surface area contributed by atoms with Crippen LogP contribution in [0.3, 0.4) is 0 Å². The van der Waals surface area contributed by atoms with Crippen LogP contribution < -0.4 is 11.1 Å². The van der Waals surface area contributed by atoms with Crippen molar-refractivity contribution in [2.24, 2.45) is 5.73 Å². The van der Waals surface area contributed by atoms with Crippen molar-refractivity contribution in [3.8, 4) is 0 Å². The van der Waals surface area contributed by atoms with Crippen LogP contribution >= 0.6 is 24.8 Å². The molecule has 2 rings (SSSR count). The number of carbonyl (C=O) groups is 2. The lowest BCUT2D eigenvalue weighted by Gasteiger charge is -2.35. The molecule has 0 bridgehead atoms. The van der Waals surface area contributed by atoms with Crippen LogP contribution in [0.5, 0.6) is 0 Å². The molecule has 1 aliphatic rings. The summed E-state index contributed by atoms with van der Waals surface area (Å²) < 4.78 is 0. The van der Waals surface area contributed by atoms with Gasteiger partial charge in [-0.3, -0.25) is 14.5 Å². The van der Waals surface area contributed by atoms with Crippen molar-refractivity contribution in [3.05, 3.63) is 35.4 Å². The molecule has 0 spiro atoms. The first-order valence-corrected chi connectivity index (χ1v) is 8.11. The Balaban J connectivity index is 0.00000288. The number of nitrogens with zero attached hydrogens (tertiary/aromatic N) is 2. The van der Waals surface area contributed by atoms with Crippen LogP contribution in [0.25, 0.3) is 0 Å². The third-order valence-corrected chi connectivity index (χ3v) is 4.13. The van der Waals surface area contributed by atoms with Crippen LogP contribution in [0.4, 0.5) is 0 Å². The van der Waals surface area contributed by atoms with E-state index in [0.29, 0.717) is 39.3 Å². The summed E-state index contributed by atoms with van der Waals surface area (Å²) in [4.78, 5) is 28.0. The molecule has 3 N–H and O–H groups in total. The zero-order valence-electron chi connectivity index (χ0n) is 14.7. The molecule has 1 aromatic carbocycles. The minimum Gasteiger partial charge on any atom is -0.355 e. The monoisotopic (exact) mass is 390 g/mol. The van der Waals surface area contributed by atoms with E-state index in [9.17, 15) is 9.59 Å². The zero-order chi connectivity index (χ0) is 16.8. The number of benzene rings is 1. The first kappa shape index (κ1) is 23.7. The fourth-order valence-corrected chi connectivity index (χ4v) is 2.70. The maximum atomic E-state index is 12.5. The molecule has 25 heavy (non-hydrogen) atoms. The summed E-state index contributed by atoms with van der Waals surface area (Å²) in [5, 5.41) is 2.79. The molecule has 1 saturated heterocycles. The van der Waals surface area contributed by atoms with Gasteiger partial charge in [0.2, 0.25) is 11.8 Å². The maximum absolute atomic E-state index is 12.5. The van der Waals surface area contributed by atoms with Crippen LogP contribution in [0, 0.1) is 6.92 Å². The number of piperazine rings is 1. The number of carbonyl (C=O) groups excluding carboxylic acids is 2. The lowest BCUT2D eigenvalue weighted by molar-refractivity contribution is -0.134. The zero-order valence-corrected chi connectivity index (χ0v) is 16.4. The highest BCUT2D eigenvalue weighted by Crippen LogP contribution is 2.15. The van der Waals surface area contributed by atoms with Crippen molar-refractivity contribution in [2.75, 3.05) is 39.3 Å². The second-order valence-corrected chi connectivity index (χ2v) is 5.94. The van der Waals surface area contributed by atoms with E-state index in [2.05, 4.69) is 10.2 Å². The molecule has 1 atom stereocenters. The number of hydrogen-bond acceptors (Lipinski definition) is 4. The Morgan fingerprint density at radius 3 is 2.20 bits per heavy atom. The summed E-state index contributed by atoms with van der Waals surface area (Å²) in [6.07, 6.45) is 0. The molecule has 0 aliphatic carbocycles. The van der Waals surface area contributed by atoms with E-state index in [1.54, 1.807) is 4.90 Å². The molecular weight excluding hydrogens is 363 g/mol. The van der Waals surface area contributed by atoms with E-state index < -0.39 is 6.04 Å². The van der Waals surface area contributed by atoms with Crippen LogP contribution in [0.1, 0.15) is 24.1 Å². The number of hydrogen-bond donors (Lipinski definition) is 2. The Hall–Kier alpha value is -1.34. The molecule has 1 unspecified atom stereocenters. The van der Waals surface area contributed by atoms with Gasteiger partial charge in [-0.1, -0.05) is 29.8 Å². The highest BCUT2D eigenvalue weighted by Gasteiger charge is 2.26. The lowest BCUT2D eigenvalue weighted by Crippen LogP contribution is -2.52. The third kappa shape index (κ3) is 6.82. The van der Waals surface area contributed by atoms with Gasteiger partial charge in [-0.2, -0.15) is 0 Å². The van der Waals surface area contributed by atoms with Gasteiger partial charge in [0.25, 0.3) is 0 Å². The van der Waals surface area contributed by atoms with Crippen molar-refractivity contribution in [2.45, 2.75) is 19.9 Å². The molecule has 6 nitrogen and oxygen atoms in total. The molecular formula is C17H28Cl2N4O2. The van der Waals surface area contributed by atoms with Gasteiger partial charge >= 0.3 is 0 Å². The molecule has 1 heterocycles. The summed E-state index contributed by atoms with van der Waals surface area (Å²) in [6, 6.07) is 7.12. The molecule has 0 saturated carbocycles. The molecule has 1 aromatic rings. The minimum absolute atomic E-state index is 0. The molecule has 2 amide bonds. The molecule has 8 heteroatoms. The van der Waals surface area contributed by atoms with E-state index in [4.69, 9.17) is 5.73 Å². The Bertz CT molecular complexity index is 546. The minimum atomic E-state index is -0.620. The average molecular weight is 391 g/mol. The second-order valence-electron chi connectivity index (χ2n) is 5.94. The summed E-state index contributed by atoms with van der Waals surface area (Å²) >= 11 is 0. The van der Waals surface area contributed by atoms with E-state index >= 15 is 0 Å². The van der Waals surface area contributed by atoms with E-state index in [-0.39, 0.29) is 36.6 Å². The van der Waals surface area contributed by atoms with Crippen molar-refractivity contribution in [1.82, 2.24) is 15.1 Å². The largest absolute Gasteiger partial charge is 0.355 e. The normalized spacial score (nSPS) is 15.6. The van der Waals surface area contributed by atoms with Crippen molar-refractivity contribution in [1.29, 1.82) is 0 Å². The summed E-state index contributed by atoms with van der Waals surface area (Å²) in [6.45, 7) is 7.55. The molecule has 1 aliphatic heterocycles. The standard InChI is InChI=1S/C17H26N4O2.2ClH/c1-3-19-15(22)12-20-8-10-21(11-9-20)17(23)16(18)14-6-4-13(2)5-7-14;;/h4-7,16H,3,8-12,18H2,1-2H3,(H,19,22);2*1H. The van der Waals surface area contributed by atoms with Crippen molar-refractivity contribution < 1.29 is 9.59 Å². The Labute approximate surface area is 161 Å². The summed E-state index contributed by atoms with van der Waals surface area (Å²) in [5.74, 6) is -0.0184. The highest BCUT2D eigenvalue weighted by molar-refractivity contribution is 5.85. The predicted molar refractivity (Wildman–Crippen MR) is 104 cm³/mol. The Morgan fingerprint density at radius 2 is 1.68 bits per heavy atom. The van der Waals surface area contributed by atoms with Gasteiger partial charge in [0, 0.05) is 32.7 Å². The van der Waals surface area contributed by atoms with Crippen LogP contribution in [0.2, 0.25) is 0 Å². The molecule has 142 valence electrons. The van der Waals surface area contributed by atoms with E-state index in [0.717, 1.165) is 11.1 Å². The van der Waals surface area contributed by atoms with Gasteiger partial charge in [0.05, 0.1) is 6.54 Å². The van der Waals surface area contributed by atoms with Crippen LogP contribution in [-0.4, -0.2) is 60.9 Å². The number of nitrogens with one attached hydrogen (secondary N) is 1. The fourth-order valence-electron chi connectivity index (χ4n) is 2.70. The van der Waals surface area contributed by atoms with Crippen LogP contribution in [0.15, 0.2) is 24.3 Å². The Morgan fingerprint density at radius 1 is 1.12 bits per heavy atom. The highest BCUT2D eigenvalue weighted by atomic mass is 35.5. The first-order valence-electron chi connectivity index (χ1n) is 8.11. The number of likely N-dealkylation sites (N-methyl/N-ethyl adjacent to an activating group) is 1. The maximum Gasteiger partial charge on any atom is 0.244 e. The van der Waals surface area contributed by atoms with Gasteiger partial charge in [-0.15, -0.1) is 24.8 Å². The SMILES string of the molecule is CCNC(=O)CN1CCN(C(=O)C(N)c2ccc(C)cc2)CC1.Cl.Cl. The number of halogens is 2. The molecule has 1 fully saturated rings. The van der Waals surface area contributed by atoms with Gasteiger partial charge in [-0.25, -0.2) is 0 Å². The quantitative estimate of drug-likeness (QED) is 0.789. The van der Waals surface area contributed by atoms with E-state index in [1.165, 1.54) is 0 Å². The van der Waals surface area contributed by atoms with Gasteiger partial charge in [-0.05, 0) is 19.4 Å². The smallest absolute Gasteiger partial charge is 0.244 e. The van der Waals surface area contributed by atoms with Crippen molar-refractivity contribution in [3.63, 3.8) is 0 Å². The Kier molecular flexibility index (Phi) is 10.7. The second kappa shape index (κ2) is 11.3. The number of aryl methyl sites for hydroxylation is 1. The van der Waals surface area contributed by atoms with Gasteiger partial charge < -0.3 is 16.0 Å². The summed E-state index contributed by atoms with van der Waals surface area (Å²) in [7, 11) is 0. The van der Waals surface area contributed by atoms with Gasteiger partial charge in [0.15, 0.2) is 0 Å². The number of nitrogens with two attached hydrogens (primary N) is 1. The number of rotatable bonds is 5. The fraction of sp³-hybridized carbons (Fsp3) is 0.529. The third-order valence-electron chi connectivity index (χ3n) is 4.13. The predicted octanol–water partition coefficient (Wildman–Crippen LogP) is 1.12.